The van der Waals surface area contributed by atoms with Gasteiger partial charge in [-0.15, -0.1) is 0 Å². The zero-order valence-electron chi connectivity index (χ0n) is 11.7. The Kier molecular flexibility index (Phi) is 4.59. The van der Waals surface area contributed by atoms with E-state index in [0.717, 1.165) is 15.6 Å². The molecule has 1 atom stereocenters. The molecule has 0 radical (unpaired) electrons. The number of nitro groups is 1. The molecule has 0 aliphatic rings. The third-order valence-corrected chi connectivity index (χ3v) is 3.69. The number of halogens is 1. The first kappa shape index (κ1) is 15.5. The van der Waals surface area contributed by atoms with Gasteiger partial charge in [0.05, 0.1) is 4.92 Å². The number of hydrogen-bond acceptors (Lipinski definition) is 4. The Morgan fingerprint density at radius 2 is 2.00 bits per heavy atom. The standard InChI is InChI=1S/C15H15BrN2O3/c1-9-3-6-15(14(7-9)18(19)20)21-11-4-5-12(10(2)17)13(16)8-11/h3-8,10H,17H2,1-2H3. The number of nitrogens with two attached hydrogens (primary N) is 1. The van der Waals surface area contributed by atoms with Crippen molar-refractivity contribution in [3.8, 4) is 11.5 Å². The van der Waals surface area contributed by atoms with Crippen LogP contribution in [0, 0.1) is 17.0 Å². The van der Waals surface area contributed by atoms with Crippen molar-refractivity contribution in [1.29, 1.82) is 0 Å². The van der Waals surface area contributed by atoms with Gasteiger partial charge >= 0.3 is 5.69 Å². The van der Waals surface area contributed by atoms with E-state index in [9.17, 15) is 10.1 Å². The molecule has 5 nitrogen and oxygen atoms in total. The van der Waals surface area contributed by atoms with Crippen LogP contribution < -0.4 is 10.5 Å². The Bertz CT molecular complexity index is 687. The molecular formula is C15H15BrN2O3. The van der Waals surface area contributed by atoms with E-state index >= 15 is 0 Å². The molecule has 0 saturated carbocycles. The zero-order valence-corrected chi connectivity index (χ0v) is 13.3. The maximum Gasteiger partial charge on any atom is 0.311 e. The quantitative estimate of drug-likeness (QED) is 0.651. The molecule has 0 saturated heterocycles. The Hall–Kier alpha value is -1.92. The van der Waals surface area contributed by atoms with Crippen molar-refractivity contribution in [2.75, 3.05) is 0 Å². The topological polar surface area (TPSA) is 78.4 Å². The second kappa shape index (κ2) is 6.24. The highest BCUT2D eigenvalue weighted by molar-refractivity contribution is 9.10. The number of ether oxygens (including phenoxy) is 1. The second-order valence-electron chi connectivity index (χ2n) is 4.80. The van der Waals surface area contributed by atoms with E-state index < -0.39 is 4.92 Å². The summed E-state index contributed by atoms with van der Waals surface area (Å²) in [5, 5.41) is 11.1. The fourth-order valence-corrected chi connectivity index (χ4v) is 2.64. The Balaban J connectivity index is 2.35. The highest BCUT2D eigenvalue weighted by atomic mass is 79.9. The molecule has 2 aromatic carbocycles. The summed E-state index contributed by atoms with van der Waals surface area (Å²) in [5.74, 6) is 0.726. The van der Waals surface area contributed by atoms with Crippen molar-refractivity contribution in [2.45, 2.75) is 19.9 Å². The molecule has 0 amide bonds. The van der Waals surface area contributed by atoms with Crippen LogP contribution in [0.2, 0.25) is 0 Å². The molecule has 0 aromatic heterocycles. The number of hydrogen-bond donors (Lipinski definition) is 1. The molecule has 21 heavy (non-hydrogen) atoms. The molecule has 110 valence electrons. The van der Waals surface area contributed by atoms with Gasteiger partial charge in [-0.2, -0.15) is 0 Å². The lowest BCUT2D eigenvalue weighted by Gasteiger charge is -2.11. The summed E-state index contributed by atoms with van der Waals surface area (Å²) in [7, 11) is 0. The van der Waals surface area contributed by atoms with Crippen molar-refractivity contribution >= 4 is 21.6 Å². The summed E-state index contributed by atoms with van der Waals surface area (Å²) in [6.07, 6.45) is 0. The predicted octanol–water partition coefficient (Wildman–Crippen LogP) is 4.48. The minimum atomic E-state index is -0.451. The number of nitro benzene ring substituents is 1. The predicted molar refractivity (Wildman–Crippen MR) is 84.7 cm³/mol. The summed E-state index contributed by atoms with van der Waals surface area (Å²) in [6.45, 7) is 3.68. The molecule has 0 spiro atoms. The van der Waals surface area contributed by atoms with Crippen molar-refractivity contribution in [3.63, 3.8) is 0 Å². The van der Waals surface area contributed by atoms with Crippen molar-refractivity contribution in [3.05, 3.63) is 62.1 Å². The molecule has 0 bridgehead atoms. The van der Waals surface area contributed by atoms with Crippen LogP contribution >= 0.6 is 15.9 Å². The third-order valence-electron chi connectivity index (χ3n) is 3.00. The van der Waals surface area contributed by atoms with E-state index in [4.69, 9.17) is 10.5 Å². The smallest absolute Gasteiger partial charge is 0.311 e. The minimum Gasteiger partial charge on any atom is -0.450 e. The van der Waals surface area contributed by atoms with E-state index in [1.165, 1.54) is 6.07 Å². The highest BCUT2D eigenvalue weighted by Gasteiger charge is 2.16. The second-order valence-corrected chi connectivity index (χ2v) is 5.66. The minimum absolute atomic E-state index is 0.0533. The summed E-state index contributed by atoms with van der Waals surface area (Å²) in [6, 6.07) is 10.1. The van der Waals surface area contributed by atoms with E-state index in [1.807, 2.05) is 13.0 Å². The van der Waals surface area contributed by atoms with Gasteiger partial charge in [-0.05, 0) is 43.2 Å². The van der Waals surface area contributed by atoms with E-state index in [1.54, 1.807) is 31.2 Å². The lowest BCUT2D eigenvalue weighted by Crippen LogP contribution is -2.05. The molecule has 6 heteroatoms. The molecule has 1 unspecified atom stereocenters. The average molecular weight is 351 g/mol. The van der Waals surface area contributed by atoms with Gasteiger partial charge < -0.3 is 10.5 Å². The van der Waals surface area contributed by atoms with E-state index in [2.05, 4.69) is 15.9 Å². The van der Waals surface area contributed by atoms with Crippen LogP contribution in [0.1, 0.15) is 24.1 Å². The molecule has 2 rings (SSSR count). The normalized spacial score (nSPS) is 12.0. The van der Waals surface area contributed by atoms with Gasteiger partial charge in [0.15, 0.2) is 0 Å². The lowest BCUT2D eigenvalue weighted by molar-refractivity contribution is -0.385. The van der Waals surface area contributed by atoms with Gasteiger partial charge in [-0.3, -0.25) is 10.1 Å². The summed E-state index contributed by atoms with van der Waals surface area (Å²) < 4.78 is 6.44. The summed E-state index contributed by atoms with van der Waals surface area (Å²) in [4.78, 5) is 10.6. The first-order chi connectivity index (χ1) is 9.88. The van der Waals surface area contributed by atoms with Crippen LogP contribution in [0.3, 0.4) is 0 Å². The van der Waals surface area contributed by atoms with Gasteiger partial charge in [0.2, 0.25) is 5.75 Å². The first-order valence-corrected chi connectivity index (χ1v) is 7.15. The van der Waals surface area contributed by atoms with E-state index in [-0.39, 0.29) is 17.5 Å². The number of aryl methyl sites for hydroxylation is 1. The van der Waals surface area contributed by atoms with E-state index in [0.29, 0.717) is 5.75 Å². The summed E-state index contributed by atoms with van der Waals surface area (Å²) >= 11 is 3.43. The Labute approximate surface area is 131 Å². The van der Waals surface area contributed by atoms with Crippen molar-refractivity contribution < 1.29 is 9.66 Å². The van der Waals surface area contributed by atoms with Gasteiger partial charge in [0.25, 0.3) is 0 Å². The van der Waals surface area contributed by atoms with Gasteiger partial charge in [-0.1, -0.05) is 28.1 Å². The maximum atomic E-state index is 11.1. The Morgan fingerprint density at radius 1 is 1.29 bits per heavy atom. The largest absolute Gasteiger partial charge is 0.450 e. The maximum absolute atomic E-state index is 11.1. The van der Waals surface area contributed by atoms with Gasteiger partial charge in [0, 0.05) is 16.6 Å². The molecule has 0 fully saturated rings. The SMILES string of the molecule is Cc1ccc(Oc2ccc(C(C)N)c(Br)c2)c([N+](=O)[O-])c1. The molecule has 0 aliphatic heterocycles. The molecule has 2 N–H and O–H groups in total. The number of benzene rings is 2. The first-order valence-electron chi connectivity index (χ1n) is 6.36. The number of rotatable bonds is 4. The van der Waals surface area contributed by atoms with Gasteiger partial charge in [0.1, 0.15) is 5.75 Å². The van der Waals surface area contributed by atoms with Crippen LogP contribution in [0.15, 0.2) is 40.9 Å². The van der Waals surface area contributed by atoms with Crippen molar-refractivity contribution in [1.82, 2.24) is 0 Å². The molecule has 0 heterocycles. The lowest BCUT2D eigenvalue weighted by atomic mass is 10.1. The highest BCUT2D eigenvalue weighted by Crippen LogP contribution is 2.34. The zero-order chi connectivity index (χ0) is 15.6. The fourth-order valence-electron chi connectivity index (χ4n) is 1.92. The molecular weight excluding hydrogens is 336 g/mol. The van der Waals surface area contributed by atoms with Crippen LogP contribution in [0.4, 0.5) is 5.69 Å². The van der Waals surface area contributed by atoms with Crippen LogP contribution in [0.25, 0.3) is 0 Å². The van der Waals surface area contributed by atoms with Crippen LogP contribution in [-0.2, 0) is 0 Å². The molecule has 0 aliphatic carbocycles. The third kappa shape index (κ3) is 3.59. The number of nitrogens with zero attached hydrogens (tertiary/aromatic N) is 1. The molecule has 2 aromatic rings. The van der Waals surface area contributed by atoms with Crippen molar-refractivity contribution in [2.24, 2.45) is 5.73 Å². The monoisotopic (exact) mass is 350 g/mol. The fraction of sp³-hybridized carbons (Fsp3) is 0.200. The average Bonchev–Trinajstić information content (AvgIpc) is 2.40. The van der Waals surface area contributed by atoms with Crippen LogP contribution in [-0.4, -0.2) is 4.92 Å². The Morgan fingerprint density at radius 3 is 2.57 bits per heavy atom. The summed E-state index contributed by atoms with van der Waals surface area (Å²) in [5.41, 5.74) is 7.54. The van der Waals surface area contributed by atoms with Crippen LogP contribution in [0.5, 0.6) is 11.5 Å². The van der Waals surface area contributed by atoms with Gasteiger partial charge in [-0.25, -0.2) is 0 Å².